The van der Waals surface area contributed by atoms with Gasteiger partial charge in [0, 0.05) is 31.2 Å². The van der Waals surface area contributed by atoms with Gasteiger partial charge in [-0.15, -0.1) is 0 Å². The first-order valence-corrected chi connectivity index (χ1v) is 11.7. The van der Waals surface area contributed by atoms with Gasteiger partial charge in [0.05, 0.1) is 10.5 Å². The molecule has 0 atom stereocenters. The standard InChI is InChI=1S/C22H25N5O3S2/c1-12(2)27-21(30)16(32-22(27)31)10-15-19(25-8-6-14(7-9-25)18(23)28)24-17-5-4-13(3)11-26(17)20(15)29/h4-5,10-12,14H,6-9H2,1-3H3,(H2,23,28)/b16-10+. The summed E-state index contributed by atoms with van der Waals surface area (Å²) in [6.45, 7) is 6.81. The van der Waals surface area contributed by atoms with Crippen LogP contribution in [-0.4, -0.2) is 49.6 Å². The third kappa shape index (κ3) is 4.04. The summed E-state index contributed by atoms with van der Waals surface area (Å²) in [6, 6.07) is 3.63. The second kappa shape index (κ2) is 8.67. The summed E-state index contributed by atoms with van der Waals surface area (Å²) in [4.78, 5) is 46.8. The first-order valence-electron chi connectivity index (χ1n) is 10.5. The van der Waals surface area contributed by atoms with E-state index < -0.39 is 0 Å². The quantitative estimate of drug-likeness (QED) is 0.539. The van der Waals surface area contributed by atoms with Gasteiger partial charge in [-0.1, -0.05) is 30.0 Å². The number of aryl methyl sites for hydroxylation is 1. The van der Waals surface area contributed by atoms with Crippen LogP contribution in [0.1, 0.15) is 37.8 Å². The number of nitrogens with two attached hydrogens (primary N) is 1. The average Bonchev–Trinajstić information content (AvgIpc) is 3.03. The SMILES string of the molecule is Cc1ccc2nc(N3CCC(C(N)=O)CC3)c(/C=C3/SC(=S)N(C(C)C)C3=O)c(=O)n2c1. The van der Waals surface area contributed by atoms with Gasteiger partial charge in [0.15, 0.2) is 0 Å². The molecule has 2 saturated heterocycles. The van der Waals surface area contributed by atoms with Gasteiger partial charge in [0.25, 0.3) is 11.5 Å². The Balaban J connectivity index is 1.83. The Labute approximate surface area is 195 Å². The van der Waals surface area contributed by atoms with Gasteiger partial charge in [0.2, 0.25) is 5.91 Å². The highest BCUT2D eigenvalue weighted by atomic mass is 32.2. The molecule has 0 bridgehead atoms. The Morgan fingerprint density at radius 1 is 1.28 bits per heavy atom. The minimum absolute atomic E-state index is 0.0702. The van der Waals surface area contributed by atoms with E-state index in [9.17, 15) is 14.4 Å². The lowest BCUT2D eigenvalue weighted by Crippen LogP contribution is -2.40. The van der Waals surface area contributed by atoms with Crippen LogP contribution in [0.5, 0.6) is 0 Å². The van der Waals surface area contributed by atoms with Gasteiger partial charge in [-0.3, -0.25) is 23.7 Å². The van der Waals surface area contributed by atoms with Crippen LogP contribution in [0, 0.1) is 12.8 Å². The summed E-state index contributed by atoms with van der Waals surface area (Å²) in [6.07, 6.45) is 4.55. The van der Waals surface area contributed by atoms with Crippen molar-refractivity contribution < 1.29 is 9.59 Å². The third-order valence-corrected chi connectivity index (χ3v) is 7.13. The van der Waals surface area contributed by atoms with Gasteiger partial charge in [0.1, 0.15) is 15.8 Å². The molecule has 4 heterocycles. The summed E-state index contributed by atoms with van der Waals surface area (Å²) >= 11 is 6.58. The molecule has 2 aliphatic rings. The van der Waals surface area contributed by atoms with Crippen LogP contribution in [0.2, 0.25) is 0 Å². The highest BCUT2D eigenvalue weighted by Crippen LogP contribution is 2.35. The second-order valence-electron chi connectivity index (χ2n) is 8.40. The molecule has 0 radical (unpaired) electrons. The molecule has 2 N–H and O–H groups in total. The normalized spacial score (nSPS) is 19.1. The highest BCUT2D eigenvalue weighted by molar-refractivity contribution is 8.26. The number of thiocarbonyl (C=S) groups is 1. The molecule has 2 amide bonds. The summed E-state index contributed by atoms with van der Waals surface area (Å²) in [5, 5.41) is 0. The van der Waals surface area contributed by atoms with E-state index in [4.69, 9.17) is 22.9 Å². The van der Waals surface area contributed by atoms with Gasteiger partial charge < -0.3 is 10.6 Å². The van der Waals surface area contributed by atoms with E-state index in [1.54, 1.807) is 23.2 Å². The van der Waals surface area contributed by atoms with Crippen LogP contribution < -0.4 is 16.2 Å². The van der Waals surface area contributed by atoms with Crippen LogP contribution >= 0.6 is 24.0 Å². The number of fused-ring (bicyclic) bond motifs is 1. The van der Waals surface area contributed by atoms with Crippen LogP contribution in [0.4, 0.5) is 5.82 Å². The lowest BCUT2D eigenvalue weighted by molar-refractivity contribution is -0.123. The molecule has 0 spiro atoms. The average molecular weight is 472 g/mol. The minimum atomic E-state index is -0.302. The first kappa shape index (κ1) is 22.5. The van der Waals surface area contributed by atoms with Crippen molar-refractivity contribution >= 4 is 57.7 Å². The Bertz CT molecular complexity index is 1210. The van der Waals surface area contributed by atoms with E-state index in [0.717, 1.165) is 5.56 Å². The number of primary amides is 1. The van der Waals surface area contributed by atoms with Crippen molar-refractivity contribution in [2.24, 2.45) is 11.7 Å². The van der Waals surface area contributed by atoms with Crippen molar-refractivity contribution in [1.29, 1.82) is 0 Å². The molecule has 2 aliphatic heterocycles. The Kier molecular flexibility index (Phi) is 6.09. The lowest BCUT2D eigenvalue weighted by Gasteiger charge is -2.32. The molecule has 2 fully saturated rings. The number of piperidine rings is 1. The maximum atomic E-state index is 13.5. The summed E-state index contributed by atoms with van der Waals surface area (Å²) in [7, 11) is 0. The molecule has 10 heteroatoms. The molecule has 4 rings (SSSR count). The molecular weight excluding hydrogens is 446 g/mol. The highest BCUT2D eigenvalue weighted by Gasteiger charge is 2.35. The molecule has 0 aliphatic carbocycles. The molecule has 0 aromatic carbocycles. The number of amides is 2. The van der Waals surface area contributed by atoms with E-state index in [2.05, 4.69) is 0 Å². The van der Waals surface area contributed by atoms with Crippen LogP contribution in [0.15, 0.2) is 28.0 Å². The number of nitrogens with zero attached hydrogens (tertiary/aromatic N) is 4. The van der Waals surface area contributed by atoms with Crippen molar-refractivity contribution in [2.45, 2.75) is 39.7 Å². The number of pyridine rings is 1. The molecule has 168 valence electrons. The van der Waals surface area contributed by atoms with Gasteiger partial charge >= 0.3 is 0 Å². The second-order valence-corrected chi connectivity index (χ2v) is 10.1. The first-order chi connectivity index (χ1) is 15.2. The summed E-state index contributed by atoms with van der Waals surface area (Å²) in [5.41, 5.74) is 7.02. The van der Waals surface area contributed by atoms with E-state index >= 15 is 0 Å². The fraction of sp³-hybridized carbons (Fsp3) is 0.409. The number of aromatic nitrogens is 2. The van der Waals surface area contributed by atoms with E-state index in [1.807, 2.05) is 31.7 Å². The molecule has 32 heavy (non-hydrogen) atoms. The fourth-order valence-electron chi connectivity index (χ4n) is 4.05. The number of thioether (sulfide) groups is 1. The van der Waals surface area contributed by atoms with Crippen LogP contribution in [0.25, 0.3) is 11.7 Å². The molecule has 8 nitrogen and oxygen atoms in total. The monoisotopic (exact) mass is 471 g/mol. The predicted octanol–water partition coefficient (Wildman–Crippen LogP) is 2.31. The number of anilines is 1. The number of hydrogen-bond donors (Lipinski definition) is 1. The molecule has 2 aromatic heterocycles. The van der Waals surface area contributed by atoms with Crippen LogP contribution in [-0.2, 0) is 9.59 Å². The predicted molar refractivity (Wildman–Crippen MR) is 130 cm³/mol. The topological polar surface area (TPSA) is 101 Å². The largest absolute Gasteiger partial charge is 0.369 e. The smallest absolute Gasteiger partial charge is 0.267 e. The van der Waals surface area contributed by atoms with Crippen molar-refractivity contribution in [3.05, 3.63) is 44.7 Å². The number of carbonyl (C=O) groups is 2. The lowest BCUT2D eigenvalue weighted by atomic mass is 9.96. The molecular formula is C22H25N5O3S2. The van der Waals surface area contributed by atoms with Crippen molar-refractivity contribution in [3.8, 4) is 0 Å². The van der Waals surface area contributed by atoms with E-state index in [-0.39, 0.29) is 29.3 Å². The molecule has 0 saturated carbocycles. The summed E-state index contributed by atoms with van der Waals surface area (Å²) in [5.74, 6) is -0.177. The Morgan fingerprint density at radius 3 is 2.56 bits per heavy atom. The van der Waals surface area contributed by atoms with Crippen molar-refractivity contribution in [3.63, 3.8) is 0 Å². The van der Waals surface area contributed by atoms with E-state index in [1.165, 1.54) is 16.2 Å². The molecule has 2 aromatic rings. The zero-order valence-electron chi connectivity index (χ0n) is 18.2. The third-order valence-electron chi connectivity index (χ3n) is 5.80. The van der Waals surface area contributed by atoms with E-state index in [0.29, 0.717) is 52.2 Å². The zero-order chi connectivity index (χ0) is 23.2. The molecule has 0 unspecified atom stereocenters. The maximum Gasteiger partial charge on any atom is 0.267 e. The van der Waals surface area contributed by atoms with Crippen molar-refractivity contribution in [2.75, 3.05) is 18.0 Å². The zero-order valence-corrected chi connectivity index (χ0v) is 19.8. The van der Waals surface area contributed by atoms with Gasteiger partial charge in [-0.25, -0.2) is 4.98 Å². The van der Waals surface area contributed by atoms with Crippen molar-refractivity contribution in [1.82, 2.24) is 14.3 Å². The number of rotatable bonds is 4. The summed E-state index contributed by atoms with van der Waals surface area (Å²) < 4.78 is 1.98. The Hall–Kier alpha value is -2.72. The minimum Gasteiger partial charge on any atom is -0.369 e. The van der Waals surface area contributed by atoms with Gasteiger partial charge in [-0.2, -0.15) is 0 Å². The number of hydrogen-bond acceptors (Lipinski definition) is 7. The van der Waals surface area contributed by atoms with Gasteiger partial charge in [-0.05, 0) is 51.3 Å². The fourth-order valence-corrected chi connectivity index (χ4v) is 5.55. The maximum absolute atomic E-state index is 13.5. The number of carbonyl (C=O) groups excluding carboxylic acids is 2. The van der Waals surface area contributed by atoms with Crippen LogP contribution in [0.3, 0.4) is 0 Å². The Morgan fingerprint density at radius 2 is 1.97 bits per heavy atom.